The van der Waals surface area contributed by atoms with E-state index in [0.717, 1.165) is 43.6 Å². The number of imidazole rings is 1. The summed E-state index contributed by atoms with van der Waals surface area (Å²) in [5, 5.41) is 0. The molecule has 1 aromatic carbocycles. The standard InChI is InChI=1S/C19H20F3N3O/c1-3-4-5-10-24-13(2)11-17(26)25-12-16(23-18(24)25)14-6-8-15(9-7-14)19(20,21)22/h6-9,11-12H,3-5,10H2,1-2H3. The molecule has 0 amide bonds. The molecular formula is C19H20F3N3O. The second kappa shape index (κ2) is 6.97. The highest BCUT2D eigenvalue weighted by Gasteiger charge is 2.30. The number of benzene rings is 1. The van der Waals surface area contributed by atoms with E-state index in [0.29, 0.717) is 17.0 Å². The summed E-state index contributed by atoms with van der Waals surface area (Å²) in [6.07, 6.45) is 0.332. The highest BCUT2D eigenvalue weighted by atomic mass is 19.4. The third-order valence-electron chi connectivity index (χ3n) is 4.42. The van der Waals surface area contributed by atoms with Gasteiger partial charge in [0.2, 0.25) is 5.78 Å². The molecule has 7 heteroatoms. The van der Waals surface area contributed by atoms with Crippen molar-refractivity contribution in [2.45, 2.75) is 45.8 Å². The van der Waals surface area contributed by atoms with E-state index in [4.69, 9.17) is 0 Å². The SMILES string of the molecule is CCCCCn1c(C)cc(=O)n2cc(-c3ccc(C(F)(F)F)cc3)nc12. The molecule has 3 aromatic rings. The fraction of sp³-hybridized carbons (Fsp3) is 0.368. The van der Waals surface area contributed by atoms with Crippen LogP contribution in [0.3, 0.4) is 0 Å². The zero-order valence-corrected chi connectivity index (χ0v) is 14.7. The van der Waals surface area contributed by atoms with Crippen molar-refractivity contribution in [3.05, 3.63) is 58.1 Å². The molecule has 0 fully saturated rings. The summed E-state index contributed by atoms with van der Waals surface area (Å²) in [6, 6.07) is 6.36. The number of halogens is 3. The fourth-order valence-corrected chi connectivity index (χ4v) is 2.97. The molecule has 0 atom stereocenters. The van der Waals surface area contributed by atoms with Gasteiger partial charge in [-0.3, -0.25) is 9.20 Å². The lowest BCUT2D eigenvalue weighted by molar-refractivity contribution is -0.137. The summed E-state index contributed by atoms with van der Waals surface area (Å²) in [4.78, 5) is 16.8. The third kappa shape index (κ3) is 3.52. The van der Waals surface area contributed by atoms with Gasteiger partial charge in [-0.25, -0.2) is 4.98 Å². The van der Waals surface area contributed by atoms with Crippen molar-refractivity contribution in [3.63, 3.8) is 0 Å². The Bertz CT molecular complexity index is 969. The number of hydrogen-bond donors (Lipinski definition) is 0. The van der Waals surface area contributed by atoms with Crippen molar-refractivity contribution in [1.82, 2.24) is 14.0 Å². The van der Waals surface area contributed by atoms with E-state index in [-0.39, 0.29) is 5.56 Å². The van der Waals surface area contributed by atoms with Crippen LogP contribution in [0.5, 0.6) is 0 Å². The minimum atomic E-state index is -4.38. The van der Waals surface area contributed by atoms with Crippen molar-refractivity contribution < 1.29 is 13.2 Å². The zero-order chi connectivity index (χ0) is 18.9. The molecule has 0 bridgehead atoms. The molecule has 3 rings (SSSR count). The van der Waals surface area contributed by atoms with Gasteiger partial charge in [-0.15, -0.1) is 0 Å². The van der Waals surface area contributed by atoms with Gasteiger partial charge in [0, 0.05) is 30.1 Å². The second-order valence-corrected chi connectivity index (χ2v) is 6.35. The predicted molar refractivity (Wildman–Crippen MR) is 94.2 cm³/mol. The molecule has 26 heavy (non-hydrogen) atoms. The van der Waals surface area contributed by atoms with E-state index in [1.165, 1.54) is 16.5 Å². The molecule has 0 unspecified atom stereocenters. The zero-order valence-electron chi connectivity index (χ0n) is 14.7. The predicted octanol–water partition coefficient (Wildman–Crippen LogP) is 4.68. The Kier molecular flexibility index (Phi) is 4.89. The van der Waals surface area contributed by atoms with Gasteiger partial charge in [-0.2, -0.15) is 13.2 Å². The molecule has 2 heterocycles. The van der Waals surface area contributed by atoms with Crippen LogP contribution in [0.25, 0.3) is 17.0 Å². The van der Waals surface area contributed by atoms with E-state index < -0.39 is 11.7 Å². The molecular weight excluding hydrogens is 343 g/mol. The highest BCUT2D eigenvalue weighted by molar-refractivity contribution is 5.62. The summed E-state index contributed by atoms with van der Waals surface area (Å²) < 4.78 is 41.6. The smallest absolute Gasteiger partial charge is 0.315 e. The van der Waals surface area contributed by atoms with Crippen molar-refractivity contribution in [3.8, 4) is 11.3 Å². The van der Waals surface area contributed by atoms with Crippen LogP contribution in [0.2, 0.25) is 0 Å². The van der Waals surface area contributed by atoms with E-state index in [2.05, 4.69) is 11.9 Å². The Morgan fingerprint density at radius 1 is 1.12 bits per heavy atom. The Morgan fingerprint density at radius 3 is 2.42 bits per heavy atom. The number of alkyl halides is 3. The fourth-order valence-electron chi connectivity index (χ4n) is 2.97. The van der Waals surface area contributed by atoms with Crippen LogP contribution in [0.1, 0.15) is 37.4 Å². The van der Waals surface area contributed by atoms with Gasteiger partial charge in [0.15, 0.2) is 0 Å². The first kappa shape index (κ1) is 18.2. The molecule has 4 nitrogen and oxygen atoms in total. The minimum absolute atomic E-state index is 0.199. The van der Waals surface area contributed by atoms with Crippen LogP contribution < -0.4 is 5.56 Å². The van der Waals surface area contributed by atoms with Gasteiger partial charge < -0.3 is 4.57 Å². The second-order valence-electron chi connectivity index (χ2n) is 6.35. The van der Waals surface area contributed by atoms with Crippen molar-refractivity contribution >= 4 is 5.78 Å². The maximum absolute atomic E-state index is 12.7. The molecule has 138 valence electrons. The molecule has 0 spiro atoms. The van der Waals surface area contributed by atoms with Crippen LogP contribution >= 0.6 is 0 Å². The summed E-state index contributed by atoms with van der Waals surface area (Å²) in [5.41, 5.74) is 0.933. The lowest BCUT2D eigenvalue weighted by Gasteiger charge is -2.11. The lowest BCUT2D eigenvalue weighted by atomic mass is 10.1. The molecule has 0 N–H and O–H groups in total. The summed E-state index contributed by atoms with van der Waals surface area (Å²) in [5.74, 6) is 0.515. The summed E-state index contributed by atoms with van der Waals surface area (Å²) in [7, 11) is 0. The molecule has 0 saturated heterocycles. The minimum Gasteiger partial charge on any atom is -0.315 e. The van der Waals surface area contributed by atoms with Crippen LogP contribution in [-0.4, -0.2) is 14.0 Å². The first-order valence-electron chi connectivity index (χ1n) is 8.58. The number of fused-ring (bicyclic) bond motifs is 1. The summed E-state index contributed by atoms with van der Waals surface area (Å²) in [6.45, 7) is 4.72. The van der Waals surface area contributed by atoms with E-state index >= 15 is 0 Å². The monoisotopic (exact) mass is 363 g/mol. The number of rotatable bonds is 5. The third-order valence-corrected chi connectivity index (χ3v) is 4.42. The van der Waals surface area contributed by atoms with E-state index in [9.17, 15) is 18.0 Å². The van der Waals surface area contributed by atoms with Gasteiger partial charge in [0.05, 0.1) is 11.3 Å². The van der Waals surface area contributed by atoms with Gasteiger partial charge in [-0.1, -0.05) is 31.9 Å². The van der Waals surface area contributed by atoms with Crippen LogP contribution in [-0.2, 0) is 12.7 Å². The Balaban J connectivity index is 2.04. The maximum Gasteiger partial charge on any atom is 0.416 e. The molecule has 0 aliphatic rings. The topological polar surface area (TPSA) is 39.3 Å². The summed E-state index contributed by atoms with van der Waals surface area (Å²) >= 11 is 0. The lowest BCUT2D eigenvalue weighted by Crippen LogP contribution is -2.18. The van der Waals surface area contributed by atoms with Crippen LogP contribution in [0, 0.1) is 6.92 Å². The quantitative estimate of drug-likeness (QED) is 0.618. The van der Waals surface area contributed by atoms with Gasteiger partial charge in [0.1, 0.15) is 0 Å². The van der Waals surface area contributed by atoms with Crippen LogP contribution in [0.15, 0.2) is 41.3 Å². The van der Waals surface area contributed by atoms with Crippen molar-refractivity contribution in [2.24, 2.45) is 0 Å². The first-order valence-corrected chi connectivity index (χ1v) is 8.58. The molecule has 0 saturated carbocycles. The Hall–Kier alpha value is -2.57. The average Bonchev–Trinajstić information content (AvgIpc) is 3.03. The van der Waals surface area contributed by atoms with Gasteiger partial charge in [-0.05, 0) is 25.5 Å². The molecule has 0 aliphatic heterocycles. The van der Waals surface area contributed by atoms with E-state index in [1.807, 2.05) is 11.5 Å². The maximum atomic E-state index is 12.7. The number of hydrogen-bond acceptors (Lipinski definition) is 2. The first-order chi connectivity index (χ1) is 12.3. The van der Waals surface area contributed by atoms with Crippen molar-refractivity contribution in [2.75, 3.05) is 0 Å². The van der Waals surface area contributed by atoms with E-state index in [1.54, 1.807) is 12.3 Å². The van der Waals surface area contributed by atoms with Crippen LogP contribution in [0.4, 0.5) is 13.2 Å². The normalized spacial score (nSPS) is 12.0. The number of aromatic nitrogens is 3. The number of aryl methyl sites for hydroxylation is 2. The number of nitrogens with zero attached hydrogens (tertiary/aromatic N) is 3. The van der Waals surface area contributed by atoms with Crippen molar-refractivity contribution in [1.29, 1.82) is 0 Å². The number of unbranched alkanes of at least 4 members (excludes halogenated alkanes) is 2. The highest BCUT2D eigenvalue weighted by Crippen LogP contribution is 2.30. The average molecular weight is 363 g/mol. The molecule has 0 radical (unpaired) electrons. The Morgan fingerprint density at radius 2 is 1.81 bits per heavy atom. The van der Waals surface area contributed by atoms with Gasteiger partial charge in [0.25, 0.3) is 5.56 Å². The van der Waals surface area contributed by atoms with Gasteiger partial charge >= 0.3 is 6.18 Å². The molecule has 2 aromatic heterocycles. The Labute approximate surface area is 148 Å². The largest absolute Gasteiger partial charge is 0.416 e. The molecule has 0 aliphatic carbocycles.